The van der Waals surface area contributed by atoms with Gasteiger partial charge in [0.15, 0.2) is 0 Å². The smallest absolute Gasteiger partial charge is 0.251 e. The number of amides is 1. The van der Waals surface area contributed by atoms with Crippen LogP contribution in [0.1, 0.15) is 41.4 Å². The lowest BCUT2D eigenvalue weighted by molar-refractivity contribution is 0.0940. The highest BCUT2D eigenvalue weighted by Crippen LogP contribution is 2.13. The fourth-order valence-corrected chi connectivity index (χ4v) is 2.77. The molecule has 0 fully saturated rings. The van der Waals surface area contributed by atoms with Crippen molar-refractivity contribution >= 4 is 15.9 Å². The number of carbonyl (C=O) groups excluding carboxylic acids is 1. The third kappa shape index (κ3) is 5.18. The normalized spacial score (nSPS) is 12.6. The third-order valence-electron chi connectivity index (χ3n) is 3.74. The molecular formula is C18H22N2O3S. The van der Waals surface area contributed by atoms with Crippen LogP contribution in [0.2, 0.25) is 0 Å². The van der Waals surface area contributed by atoms with Gasteiger partial charge in [0.2, 0.25) is 10.0 Å². The molecule has 5 nitrogen and oxygen atoms in total. The topological polar surface area (TPSA) is 75.3 Å². The summed E-state index contributed by atoms with van der Waals surface area (Å²) in [4.78, 5) is 12.3. The van der Waals surface area contributed by atoms with Crippen molar-refractivity contribution in [3.05, 3.63) is 71.3 Å². The van der Waals surface area contributed by atoms with Gasteiger partial charge in [0.05, 0.1) is 11.8 Å². The molecule has 128 valence electrons. The van der Waals surface area contributed by atoms with Crippen LogP contribution in [0.5, 0.6) is 0 Å². The molecule has 1 unspecified atom stereocenters. The van der Waals surface area contributed by atoms with Crippen LogP contribution in [-0.4, -0.2) is 20.1 Å². The van der Waals surface area contributed by atoms with E-state index in [0.29, 0.717) is 5.56 Å². The van der Waals surface area contributed by atoms with Gasteiger partial charge in [-0.15, -0.1) is 0 Å². The minimum Gasteiger partial charge on any atom is -0.346 e. The van der Waals surface area contributed by atoms with Gasteiger partial charge < -0.3 is 5.32 Å². The first-order valence-corrected chi connectivity index (χ1v) is 9.48. The van der Waals surface area contributed by atoms with Crippen molar-refractivity contribution in [1.29, 1.82) is 0 Å². The summed E-state index contributed by atoms with van der Waals surface area (Å²) in [5, 5.41) is 2.95. The second-order valence-electron chi connectivity index (χ2n) is 5.53. The lowest BCUT2D eigenvalue weighted by atomic mass is 10.1. The van der Waals surface area contributed by atoms with E-state index in [0.717, 1.165) is 11.1 Å². The van der Waals surface area contributed by atoms with Crippen molar-refractivity contribution in [2.24, 2.45) is 0 Å². The van der Waals surface area contributed by atoms with Crippen LogP contribution in [0.3, 0.4) is 0 Å². The molecule has 0 heterocycles. The Morgan fingerprint density at radius 2 is 1.67 bits per heavy atom. The Morgan fingerprint density at radius 3 is 2.25 bits per heavy atom. The van der Waals surface area contributed by atoms with Gasteiger partial charge in [-0.25, -0.2) is 13.1 Å². The van der Waals surface area contributed by atoms with E-state index in [4.69, 9.17) is 0 Å². The van der Waals surface area contributed by atoms with E-state index in [2.05, 4.69) is 10.0 Å². The van der Waals surface area contributed by atoms with E-state index in [1.54, 1.807) is 31.2 Å². The molecule has 0 spiro atoms. The van der Waals surface area contributed by atoms with Crippen molar-refractivity contribution in [2.45, 2.75) is 26.4 Å². The highest BCUT2D eigenvalue weighted by Gasteiger charge is 2.11. The Hall–Kier alpha value is -2.18. The number of benzene rings is 2. The highest BCUT2D eigenvalue weighted by atomic mass is 32.2. The van der Waals surface area contributed by atoms with E-state index in [1.807, 2.05) is 37.3 Å². The molecule has 0 radical (unpaired) electrons. The minimum absolute atomic E-state index is 0.0465. The molecule has 2 aromatic carbocycles. The molecule has 2 N–H and O–H groups in total. The number of hydrogen-bond acceptors (Lipinski definition) is 3. The van der Waals surface area contributed by atoms with E-state index in [9.17, 15) is 13.2 Å². The van der Waals surface area contributed by atoms with Gasteiger partial charge in [0, 0.05) is 12.1 Å². The summed E-state index contributed by atoms with van der Waals surface area (Å²) < 4.78 is 25.4. The first kappa shape index (κ1) is 18.2. The summed E-state index contributed by atoms with van der Waals surface area (Å²) in [7, 11) is -3.22. The third-order valence-corrected chi connectivity index (χ3v) is 5.08. The lowest BCUT2D eigenvalue weighted by Gasteiger charge is -2.14. The van der Waals surface area contributed by atoms with E-state index in [-0.39, 0.29) is 24.2 Å². The standard InChI is InChI=1S/C18H22N2O3S/c1-3-24(22,23)19-13-15-9-11-17(12-10-15)18(21)20-14(2)16-7-5-4-6-8-16/h4-12,14,19H,3,13H2,1-2H3,(H,20,21). The van der Waals surface area contributed by atoms with Gasteiger partial charge in [-0.1, -0.05) is 42.5 Å². The van der Waals surface area contributed by atoms with Crippen LogP contribution >= 0.6 is 0 Å². The average molecular weight is 346 g/mol. The second kappa shape index (κ2) is 8.08. The summed E-state index contributed by atoms with van der Waals surface area (Å²) >= 11 is 0. The Kier molecular flexibility index (Phi) is 6.11. The quantitative estimate of drug-likeness (QED) is 0.809. The molecule has 0 bridgehead atoms. The molecule has 1 atom stereocenters. The molecule has 0 aromatic heterocycles. The fraction of sp³-hybridized carbons (Fsp3) is 0.278. The van der Waals surface area contributed by atoms with Crippen molar-refractivity contribution in [2.75, 3.05) is 5.75 Å². The molecule has 0 saturated carbocycles. The molecule has 0 saturated heterocycles. The van der Waals surface area contributed by atoms with Gasteiger partial charge in [-0.2, -0.15) is 0 Å². The van der Waals surface area contributed by atoms with Gasteiger partial charge >= 0.3 is 0 Å². The predicted molar refractivity (Wildman–Crippen MR) is 95.1 cm³/mol. The Morgan fingerprint density at radius 1 is 1.04 bits per heavy atom. The second-order valence-corrected chi connectivity index (χ2v) is 7.62. The molecule has 2 rings (SSSR count). The SMILES string of the molecule is CCS(=O)(=O)NCc1ccc(C(=O)NC(C)c2ccccc2)cc1. The van der Waals surface area contributed by atoms with Crippen molar-refractivity contribution in [1.82, 2.24) is 10.0 Å². The van der Waals surface area contributed by atoms with Gasteiger partial charge in [0.25, 0.3) is 5.91 Å². The number of sulfonamides is 1. The molecule has 6 heteroatoms. The predicted octanol–water partition coefficient (Wildman–Crippen LogP) is 2.62. The Bertz CT molecular complexity index is 772. The first-order valence-electron chi connectivity index (χ1n) is 7.83. The minimum atomic E-state index is -3.22. The Balaban J connectivity index is 1.96. The average Bonchev–Trinajstić information content (AvgIpc) is 2.61. The van der Waals surface area contributed by atoms with Crippen LogP contribution in [0, 0.1) is 0 Å². The number of nitrogens with one attached hydrogen (secondary N) is 2. The molecule has 0 aliphatic heterocycles. The lowest BCUT2D eigenvalue weighted by Crippen LogP contribution is -2.27. The number of carbonyl (C=O) groups is 1. The summed E-state index contributed by atoms with van der Waals surface area (Å²) in [5.74, 6) is -0.114. The van der Waals surface area contributed by atoms with E-state index in [1.165, 1.54) is 0 Å². The molecule has 0 aliphatic rings. The zero-order valence-electron chi connectivity index (χ0n) is 13.8. The molecule has 24 heavy (non-hydrogen) atoms. The molecule has 2 aromatic rings. The van der Waals surface area contributed by atoms with Crippen molar-refractivity contribution in [3.63, 3.8) is 0 Å². The zero-order valence-corrected chi connectivity index (χ0v) is 14.6. The zero-order chi connectivity index (χ0) is 17.6. The Labute approximate surface area is 143 Å². The maximum Gasteiger partial charge on any atom is 0.251 e. The summed E-state index contributed by atoms with van der Waals surface area (Å²) in [6, 6.07) is 16.5. The van der Waals surface area contributed by atoms with Crippen molar-refractivity contribution in [3.8, 4) is 0 Å². The van der Waals surface area contributed by atoms with Crippen LogP contribution in [0.25, 0.3) is 0 Å². The summed E-state index contributed by atoms with van der Waals surface area (Å²) in [6.45, 7) is 3.74. The molecule has 1 amide bonds. The number of hydrogen-bond donors (Lipinski definition) is 2. The maximum atomic E-state index is 12.3. The maximum absolute atomic E-state index is 12.3. The van der Waals surface area contributed by atoms with E-state index >= 15 is 0 Å². The molecular weight excluding hydrogens is 324 g/mol. The summed E-state index contributed by atoms with van der Waals surface area (Å²) in [5.41, 5.74) is 2.39. The van der Waals surface area contributed by atoms with Crippen LogP contribution in [0.4, 0.5) is 0 Å². The molecule has 0 aliphatic carbocycles. The van der Waals surface area contributed by atoms with Gasteiger partial charge in [0.1, 0.15) is 0 Å². The fourth-order valence-electron chi connectivity index (χ4n) is 2.17. The van der Waals surface area contributed by atoms with Gasteiger partial charge in [-0.3, -0.25) is 4.79 Å². The van der Waals surface area contributed by atoms with Gasteiger partial charge in [-0.05, 0) is 37.1 Å². The summed E-state index contributed by atoms with van der Waals surface area (Å²) in [6.07, 6.45) is 0. The first-order chi connectivity index (χ1) is 11.4. The number of rotatable bonds is 7. The van der Waals surface area contributed by atoms with E-state index < -0.39 is 10.0 Å². The van der Waals surface area contributed by atoms with Crippen LogP contribution < -0.4 is 10.0 Å². The van der Waals surface area contributed by atoms with Crippen molar-refractivity contribution < 1.29 is 13.2 Å². The highest BCUT2D eigenvalue weighted by molar-refractivity contribution is 7.89. The monoisotopic (exact) mass is 346 g/mol. The van der Waals surface area contributed by atoms with Crippen LogP contribution in [0.15, 0.2) is 54.6 Å². The largest absolute Gasteiger partial charge is 0.346 e. The van der Waals surface area contributed by atoms with Crippen LogP contribution in [-0.2, 0) is 16.6 Å².